The summed E-state index contributed by atoms with van der Waals surface area (Å²) in [4.78, 5) is 0. The zero-order valence-electron chi connectivity index (χ0n) is 13.1. The van der Waals surface area contributed by atoms with Crippen LogP contribution >= 0.6 is 15.9 Å². The molecule has 0 fully saturated rings. The van der Waals surface area contributed by atoms with Crippen molar-refractivity contribution in [1.29, 1.82) is 0 Å². The van der Waals surface area contributed by atoms with Gasteiger partial charge in [-0.15, -0.1) is 0 Å². The quantitative estimate of drug-likeness (QED) is 0.737. The molecule has 2 aromatic carbocycles. The molecule has 0 aliphatic heterocycles. The molecule has 0 aliphatic rings. The number of rotatable bonds is 6. The van der Waals surface area contributed by atoms with Crippen LogP contribution in [0.5, 0.6) is 0 Å². The Bertz CT molecular complexity index is 575. The summed E-state index contributed by atoms with van der Waals surface area (Å²) < 4.78 is 1.20. The molecule has 1 unspecified atom stereocenters. The molecule has 0 saturated heterocycles. The molecule has 0 amide bonds. The van der Waals surface area contributed by atoms with Gasteiger partial charge < -0.3 is 5.32 Å². The highest BCUT2D eigenvalue weighted by Gasteiger charge is 2.16. The van der Waals surface area contributed by atoms with E-state index in [2.05, 4.69) is 84.5 Å². The van der Waals surface area contributed by atoms with Crippen LogP contribution in [0.4, 0.5) is 0 Å². The minimum atomic E-state index is 0.236. The van der Waals surface area contributed by atoms with Crippen LogP contribution in [0.15, 0.2) is 46.9 Å². The first-order chi connectivity index (χ1) is 10.2. The van der Waals surface area contributed by atoms with Crippen LogP contribution in [-0.4, -0.2) is 6.54 Å². The molecule has 21 heavy (non-hydrogen) atoms. The van der Waals surface area contributed by atoms with Crippen molar-refractivity contribution >= 4 is 15.9 Å². The van der Waals surface area contributed by atoms with Gasteiger partial charge in [-0.05, 0) is 42.1 Å². The van der Waals surface area contributed by atoms with Gasteiger partial charge >= 0.3 is 0 Å². The van der Waals surface area contributed by atoms with Crippen LogP contribution in [0.3, 0.4) is 0 Å². The summed E-state index contributed by atoms with van der Waals surface area (Å²) in [5.74, 6) is 0. The lowest BCUT2D eigenvalue weighted by Gasteiger charge is -2.21. The van der Waals surface area contributed by atoms with Crippen LogP contribution in [-0.2, 0) is 6.42 Å². The predicted octanol–water partition coefficient (Wildman–Crippen LogP) is 5.41. The lowest BCUT2D eigenvalue weighted by Crippen LogP contribution is -2.22. The Labute approximate surface area is 136 Å². The average molecular weight is 346 g/mol. The molecule has 1 nitrogen and oxygen atoms in total. The maximum Gasteiger partial charge on any atom is 0.0587 e. The molecule has 1 atom stereocenters. The molecule has 0 saturated carbocycles. The Balaban J connectivity index is 2.36. The first kappa shape index (κ1) is 16.3. The molecule has 0 radical (unpaired) electrons. The van der Waals surface area contributed by atoms with E-state index in [0.717, 1.165) is 13.0 Å². The average Bonchev–Trinajstić information content (AvgIpc) is 2.49. The van der Waals surface area contributed by atoms with Crippen LogP contribution in [0, 0.1) is 6.92 Å². The fourth-order valence-corrected chi connectivity index (χ4v) is 3.16. The van der Waals surface area contributed by atoms with Gasteiger partial charge in [-0.1, -0.05) is 78.7 Å². The summed E-state index contributed by atoms with van der Waals surface area (Å²) in [5, 5.41) is 3.60. The third kappa shape index (κ3) is 3.96. The van der Waals surface area contributed by atoms with Crippen LogP contribution in [0.1, 0.15) is 48.6 Å². The highest BCUT2D eigenvalue weighted by atomic mass is 79.9. The maximum atomic E-state index is 3.75. The molecule has 0 spiro atoms. The van der Waals surface area contributed by atoms with Gasteiger partial charge in [0, 0.05) is 4.47 Å². The van der Waals surface area contributed by atoms with Gasteiger partial charge in [0.1, 0.15) is 0 Å². The number of halogens is 1. The second kappa shape index (κ2) is 7.77. The minimum absolute atomic E-state index is 0.236. The smallest absolute Gasteiger partial charge is 0.0587 e. The van der Waals surface area contributed by atoms with E-state index in [1.807, 2.05) is 0 Å². The summed E-state index contributed by atoms with van der Waals surface area (Å²) >= 11 is 3.75. The number of hydrogen-bond acceptors (Lipinski definition) is 1. The molecule has 1 N–H and O–H groups in total. The highest BCUT2D eigenvalue weighted by molar-refractivity contribution is 9.10. The normalized spacial score (nSPS) is 12.4. The third-order valence-corrected chi connectivity index (χ3v) is 4.88. The van der Waals surface area contributed by atoms with E-state index in [0.29, 0.717) is 0 Å². The van der Waals surface area contributed by atoms with Crippen molar-refractivity contribution in [3.8, 4) is 0 Å². The largest absolute Gasteiger partial charge is 0.306 e. The molecular weight excluding hydrogens is 322 g/mol. The van der Waals surface area contributed by atoms with Crippen molar-refractivity contribution in [2.45, 2.75) is 39.7 Å². The zero-order chi connectivity index (χ0) is 15.2. The van der Waals surface area contributed by atoms with Gasteiger partial charge in [0.25, 0.3) is 0 Å². The van der Waals surface area contributed by atoms with Crippen molar-refractivity contribution < 1.29 is 0 Å². The summed E-state index contributed by atoms with van der Waals surface area (Å²) in [6.07, 6.45) is 2.35. The number of aryl methyl sites for hydroxylation is 2. The lowest BCUT2D eigenvalue weighted by molar-refractivity contribution is 0.628. The Morgan fingerprint density at radius 2 is 1.76 bits per heavy atom. The monoisotopic (exact) mass is 345 g/mol. The zero-order valence-corrected chi connectivity index (χ0v) is 14.7. The minimum Gasteiger partial charge on any atom is -0.306 e. The molecule has 2 aromatic rings. The summed E-state index contributed by atoms with van der Waals surface area (Å²) in [5.41, 5.74) is 5.32. The van der Waals surface area contributed by atoms with Crippen molar-refractivity contribution in [3.63, 3.8) is 0 Å². The van der Waals surface area contributed by atoms with Crippen LogP contribution in [0.2, 0.25) is 0 Å². The van der Waals surface area contributed by atoms with Crippen molar-refractivity contribution in [2.75, 3.05) is 6.54 Å². The van der Waals surface area contributed by atoms with Gasteiger partial charge in [0.05, 0.1) is 6.04 Å². The lowest BCUT2D eigenvalue weighted by atomic mass is 9.96. The second-order valence-corrected chi connectivity index (χ2v) is 6.25. The van der Waals surface area contributed by atoms with Gasteiger partial charge in [0.15, 0.2) is 0 Å². The van der Waals surface area contributed by atoms with Crippen molar-refractivity contribution in [2.24, 2.45) is 0 Å². The van der Waals surface area contributed by atoms with E-state index >= 15 is 0 Å². The Morgan fingerprint density at radius 3 is 2.38 bits per heavy atom. The van der Waals surface area contributed by atoms with Gasteiger partial charge in [-0.3, -0.25) is 0 Å². The third-order valence-electron chi connectivity index (χ3n) is 3.79. The molecule has 0 aromatic heterocycles. The maximum absolute atomic E-state index is 3.75. The molecule has 2 rings (SSSR count). The highest BCUT2D eigenvalue weighted by Crippen LogP contribution is 2.31. The predicted molar refractivity (Wildman–Crippen MR) is 94.8 cm³/mol. The number of benzene rings is 2. The molecule has 2 heteroatoms. The Kier molecular flexibility index (Phi) is 6.01. The first-order valence-corrected chi connectivity index (χ1v) is 8.53. The van der Waals surface area contributed by atoms with E-state index < -0.39 is 0 Å². The van der Waals surface area contributed by atoms with Crippen molar-refractivity contribution in [3.05, 3.63) is 69.2 Å². The van der Waals surface area contributed by atoms with E-state index in [9.17, 15) is 0 Å². The van der Waals surface area contributed by atoms with E-state index in [-0.39, 0.29) is 6.04 Å². The van der Waals surface area contributed by atoms with E-state index in [1.54, 1.807) is 0 Å². The van der Waals surface area contributed by atoms with Gasteiger partial charge in [0.2, 0.25) is 0 Å². The SMILES string of the molecule is CCCc1ccc(C(NCC)c2cccc(C)c2Br)cc1. The Hall–Kier alpha value is -1.12. The number of nitrogens with one attached hydrogen (secondary N) is 1. The first-order valence-electron chi connectivity index (χ1n) is 7.74. The van der Waals surface area contributed by atoms with Gasteiger partial charge in [-0.25, -0.2) is 0 Å². The fraction of sp³-hybridized carbons (Fsp3) is 0.368. The van der Waals surface area contributed by atoms with Crippen molar-refractivity contribution in [1.82, 2.24) is 5.32 Å². The number of hydrogen-bond donors (Lipinski definition) is 1. The van der Waals surface area contributed by atoms with Crippen LogP contribution < -0.4 is 5.32 Å². The molecule has 0 aliphatic carbocycles. The molecule has 0 heterocycles. The fourth-order valence-electron chi connectivity index (χ4n) is 2.67. The molecule has 112 valence electrons. The van der Waals surface area contributed by atoms with E-state index in [1.165, 1.54) is 33.1 Å². The van der Waals surface area contributed by atoms with Gasteiger partial charge in [-0.2, -0.15) is 0 Å². The standard InChI is InChI=1S/C19H24BrN/c1-4-7-15-10-12-16(13-11-15)19(21-5-2)17-9-6-8-14(3)18(17)20/h6,8-13,19,21H,4-5,7H2,1-3H3. The topological polar surface area (TPSA) is 12.0 Å². The van der Waals surface area contributed by atoms with E-state index in [4.69, 9.17) is 0 Å². The second-order valence-electron chi connectivity index (χ2n) is 5.46. The summed E-state index contributed by atoms with van der Waals surface area (Å²) in [7, 11) is 0. The molecular formula is C19H24BrN. The molecule has 0 bridgehead atoms. The Morgan fingerprint density at radius 1 is 1.05 bits per heavy atom. The van der Waals surface area contributed by atoms with Crippen LogP contribution in [0.25, 0.3) is 0 Å². The summed E-state index contributed by atoms with van der Waals surface area (Å²) in [6, 6.07) is 15.7. The summed E-state index contributed by atoms with van der Waals surface area (Å²) in [6.45, 7) is 7.46.